The Labute approximate surface area is 140 Å². The third kappa shape index (κ3) is 4.27. The van der Waals surface area contributed by atoms with Gasteiger partial charge < -0.3 is 9.80 Å². The van der Waals surface area contributed by atoms with E-state index in [4.69, 9.17) is 0 Å². The molecule has 2 amide bonds. The second kappa shape index (κ2) is 7.67. The summed E-state index contributed by atoms with van der Waals surface area (Å²) >= 11 is 0. The highest BCUT2D eigenvalue weighted by molar-refractivity contribution is 5.79. The Balaban J connectivity index is 1.46. The minimum Gasteiger partial charge on any atom is -0.339 e. The second-order valence-electron chi connectivity index (χ2n) is 7.99. The third-order valence-corrected chi connectivity index (χ3v) is 6.18. The zero-order chi connectivity index (χ0) is 16.2. The second-order valence-corrected chi connectivity index (χ2v) is 7.99. The van der Waals surface area contributed by atoms with Crippen LogP contribution in [0, 0.1) is 11.8 Å². The molecule has 0 aromatic heterocycles. The average molecular weight is 320 g/mol. The number of rotatable bonds is 4. The van der Waals surface area contributed by atoms with E-state index in [1.807, 2.05) is 9.80 Å². The van der Waals surface area contributed by atoms with Gasteiger partial charge in [0.1, 0.15) is 0 Å². The van der Waals surface area contributed by atoms with Crippen LogP contribution in [0.5, 0.6) is 0 Å². The molecule has 1 heterocycles. The van der Waals surface area contributed by atoms with Crippen LogP contribution >= 0.6 is 0 Å². The molecule has 0 aromatic rings. The van der Waals surface area contributed by atoms with Gasteiger partial charge in [-0.15, -0.1) is 0 Å². The Morgan fingerprint density at radius 1 is 0.826 bits per heavy atom. The first kappa shape index (κ1) is 16.8. The van der Waals surface area contributed by atoms with E-state index < -0.39 is 0 Å². The van der Waals surface area contributed by atoms with Crippen LogP contribution in [0.2, 0.25) is 0 Å². The molecule has 130 valence electrons. The monoisotopic (exact) mass is 320 g/mol. The predicted octanol–water partition coefficient (Wildman–Crippen LogP) is 3.21. The molecule has 2 saturated carbocycles. The van der Waals surface area contributed by atoms with Gasteiger partial charge in [-0.25, -0.2) is 0 Å². The molecule has 0 radical (unpaired) electrons. The molecule has 3 rings (SSSR count). The van der Waals surface area contributed by atoms with E-state index in [1.54, 1.807) is 0 Å². The molecule has 3 fully saturated rings. The van der Waals surface area contributed by atoms with Gasteiger partial charge in [0.05, 0.1) is 0 Å². The van der Waals surface area contributed by atoms with Crippen LogP contribution in [0.25, 0.3) is 0 Å². The summed E-state index contributed by atoms with van der Waals surface area (Å²) in [6, 6.07) is 0.171. The topological polar surface area (TPSA) is 40.6 Å². The molecular formula is C19H32N2O2. The average Bonchev–Trinajstić information content (AvgIpc) is 3.20. The van der Waals surface area contributed by atoms with E-state index in [0.717, 1.165) is 32.5 Å². The van der Waals surface area contributed by atoms with Crippen molar-refractivity contribution < 1.29 is 9.59 Å². The Morgan fingerprint density at radius 3 is 1.87 bits per heavy atom. The summed E-state index contributed by atoms with van der Waals surface area (Å²) in [7, 11) is 0. The van der Waals surface area contributed by atoms with Gasteiger partial charge in [0, 0.05) is 38.5 Å². The lowest BCUT2D eigenvalue weighted by Gasteiger charge is -2.40. The molecule has 1 atom stereocenters. The summed E-state index contributed by atoms with van der Waals surface area (Å²) in [6.07, 6.45) is 11.5. The minimum absolute atomic E-state index is 0.171. The number of carbonyl (C=O) groups is 2. The highest BCUT2D eigenvalue weighted by atomic mass is 16.2. The maximum atomic E-state index is 12.5. The number of piperazine rings is 1. The molecule has 4 heteroatoms. The van der Waals surface area contributed by atoms with E-state index in [9.17, 15) is 9.59 Å². The summed E-state index contributed by atoms with van der Waals surface area (Å²) < 4.78 is 0. The Kier molecular flexibility index (Phi) is 5.60. The molecule has 3 aliphatic rings. The van der Waals surface area contributed by atoms with Crippen molar-refractivity contribution >= 4 is 11.8 Å². The summed E-state index contributed by atoms with van der Waals surface area (Å²) in [6.45, 7) is 4.28. The van der Waals surface area contributed by atoms with Crippen molar-refractivity contribution in [3.8, 4) is 0 Å². The first-order chi connectivity index (χ1) is 11.1. The zero-order valence-electron chi connectivity index (χ0n) is 14.6. The molecule has 0 spiro atoms. The van der Waals surface area contributed by atoms with Crippen molar-refractivity contribution in [1.29, 1.82) is 0 Å². The molecule has 0 aromatic carbocycles. The Hall–Kier alpha value is -1.06. The molecule has 0 unspecified atom stereocenters. The molecule has 1 aliphatic heterocycles. The number of carbonyl (C=O) groups excluding carboxylic acids is 2. The standard InChI is InChI=1S/C19H32N2O2/c1-15-14-20(18(22)12-16-6-2-3-7-16)10-11-21(15)19(23)13-17-8-4-5-9-17/h15-17H,2-14H2,1H3/t15-/m0/s1. The van der Waals surface area contributed by atoms with Crippen LogP contribution in [0.4, 0.5) is 0 Å². The van der Waals surface area contributed by atoms with Gasteiger partial charge in [-0.05, 0) is 44.4 Å². The molecule has 0 bridgehead atoms. The molecular weight excluding hydrogens is 288 g/mol. The summed E-state index contributed by atoms with van der Waals surface area (Å²) in [5.41, 5.74) is 0. The maximum Gasteiger partial charge on any atom is 0.223 e. The van der Waals surface area contributed by atoms with E-state index in [-0.39, 0.29) is 6.04 Å². The predicted molar refractivity (Wildman–Crippen MR) is 90.9 cm³/mol. The van der Waals surface area contributed by atoms with Crippen LogP contribution in [-0.2, 0) is 9.59 Å². The normalized spacial score (nSPS) is 26.9. The largest absolute Gasteiger partial charge is 0.339 e. The van der Waals surface area contributed by atoms with Gasteiger partial charge >= 0.3 is 0 Å². The first-order valence-corrected chi connectivity index (χ1v) is 9.70. The van der Waals surface area contributed by atoms with Crippen LogP contribution in [0.3, 0.4) is 0 Å². The zero-order valence-corrected chi connectivity index (χ0v) is 14.6. The summed E-state index contributed by atoms with van der Waals surface area (Å²) in [4.78, 5) is 29.0. The van der Waals surface area contributed by atoms with E-state index in [2.05, 4.69) is 6.92 Å². The van der Waals surface area contributed by atoms with E-state index >= 15 is 0 Å². The van der Waals surface area contributed by atoms with Gasteiger partial charge in [-0.1, -0.05) is 25.7 Å². The van der Waals surface area contributed by atoms with Gasteiger partial charge in [-0.3, -0.25) is 9.59 Å². The fourth-order valence-corrected chi connectivity index (χ4v) is 4.72. The molecule has 0 N–H and O–H groups in total. The van der Waals surface area contributed by atoms with Crippen molar-refractivity contribution in [2.45, 2.75) is 77.2 Å². The van der Waals surface area contributed by atoms with Gasteiger partial charge in [0.25, 0.3) is 0 Å². The van der Waals surface area contributed by atoms with Crippen molar-refractivity contribution in [3.63, 3.8) is 0 Å². The Morgan fingerprint density at radius 2 is 1.35 bits per heavy atom. The minimum atomic E-state index is 0.171. The van der Waals surface area contributed by atoms with E-state index in [1.165, 1.54) is 51.4 Å². The fourth-order valence-electron chi connectivity index (χ4n) is 4.72. The summed E-state index contributed by atoms with van der Waals surface area (Å²) in [5, 5.41) is 0. The summed E-state index contributed by atoms with van der Waals surface area (Å²) in [5.74, 6) is 1.84. The Bertz CT molecular complexity index is 425. The van der Waals surface area contributed by atoms with Crippen molar-refractivity contribution in [1.82, 2.24) is 9.80 Å². The van der Waals surface area contributed by atoms with Gasteiger partial charge in [0.15, 0.2) is 0 Å². The number of hydrogen-bond acceptors (Lipinski definition) is 2. The molecule has 23 heavy (non-hydrogen) atoms. The van der Waals surface area contributed by atoms with Crippen molar-refractivity contribution in [3.05, 3.63) is 0 Å². The van der Waals surface area contributed by atoms with Crippen LogP contribution in [0.15, 0.2) is 0 Å². The maximum absolute atomic E-state index is 12.5. The van der Waals surface area contributed by atoms with E-state index in [0.29, 0.717) is 23.7 Å². The van der Waals surface area contributed by atoms with Crippen LogP contribution in [0.1, 0.15) is 71.1 Å². The first-order valence-electron chi connectivity index (χ1n) is 9.70. The van der Waals surface area contributed by atoms with Crippen molar-refractivity contribution in [2.24, 2.45) is 11.8 Å². The smallest absolute Gasteiger partial charge is 0.223 e. The molecule has 1 saturated heterocycles. The van der Waals surface area contributed by atoms with Crippen LogP contribution in [-0.4, -0.2) is 47.3 Å². The fraction of sp³-hybridized carbons (Fsp3) is 0.895. The number of nitrogens with zero attached hydrogens (tertiary/aromatic N) is 2. The lowest BCUT2D eigenvalue weighted by Crippen LogP contribution is -2.55. The van der Waals surface area contributed by atoms with Gasteiger partial charge in [0.2, 0.25) is 11.8 Å². The number of amides is 2. The highest BCUT2D eigenvalue weighted by Gasteiger charge is 2.32. The third-order valence-electron chi connectivity index (χ3n) is 6.18. The van der Waals surface area contributed by atoms with Crippen LogP contribution < -0.4 is 0 Å². The lowest BCUT2D eigenvalue weighted by molar-refractivity contribution is -0.143. The quantitative estimate of drug-likeness (QED) is 0.798. The molecule has 2 aliphatic carbocycles. The number of hydrogen-bond donors (Lipinski definition) is 0. The lowest BCUT2D eigenvalue weighted by atomic mass is 10.0. The SMILES string of the molecule is C[C@H]1CN(C(=O)CC2CCCC2)CCN1C(=O)CC1CCCC1. The highest BCUT2D eigenvalue weighted by Crippen LogP contribution is 2.30. The van der Waals surface area contributed by atoms with Crippen molar-refractivity contribution in [2.75, 3.05) is 19.6 Å². The molecule has 4 nitrogen and oxygen atoms in total. The van der Waals surface area contributed by atoms with Gasteiger partial charge in [-0.2, -0.15) is 0 Å².